The van der Waals surface area contributed by atoms with Crippen LogP contribution >= 0.6 is 0 Å². The highest BCUT2D eigenvalue weighted by atomic mass is 16.2. The van der Waals surface area contributed by atoms with Crippen molar-refractivity contribution in [2.45, 2.75) is 46.6 Å². The van der Waals surface area contributed by atoms with Gasteiger partial charge in [0.25, 0.3) is 0 Å². The van der Waals surface area contributed by atoms with Crippen molar-refractivity contribution < 1.29 is 4.79 Å². The van der Waals surface area contributed by atoms with E-state index in [1.807, 2.05) is 25.9 Å². The molecule has 4 nitrogen and oxygen atoms in total. The average Bonchev–Trinajstić information content (AvgIpc) is 2.27. The van der Waals surface area contributed by atoms with Crippen LogP contribution < -0.4 is 5.73 Å². The molecular formula is C15H33N3O. The fraction of sp³-hybridized carbons (Fsp3) is 0.933. The number of carbonyl (C=O) groups excluding carboxylic acids is 1. The zero-order valence-corrected chi connectivity index (χ0v) is 13.6. The fourth-order valence-electron chi connectivity index (χ4n) is 2.65. The highest BCUT2D eigenvalue weighted by Gasteiger charge is 2.22. The van der Waals surface area contributed by atoms with Gasteiger partial charge in [0.1, 0.15) is 0 Å². The molecule has 0 fully saturated rings. The van der Waals surface area contributed by atoms with Crippen molar-refractivity contribution in [3.05, 3.63) is 0 Å². The number of carbonyl (C=O) groups is 1. The van der Waals surface area contributed by atoms with Crippen LogP contribution in [0.4, 0.5) is 0 Å². The quantitative estimate of drug-likeness (QED) is 0.695. The topological polar surface area (TPSA) is 49.6 Å². The van der Waals surface area contributed by atoms with Crippen LogP contribution in [0.3, 0.4) is 0 Å². The Labute approximate surface area is 119 Å². The largest absolute Gasteiger partial charge is 0.339 e. The first-order valence-electron chi connectivity index (χ1n) is 7.46. The van der Waals surface area contributed by atoms with Crippen LogP contribution in [0.15, 0.2) is 0 Å². The zero-order valence-electron chi connectivity index (χ0n) is 13.6. The second-order valence-electron chi connectivity index (χ2n) is 6.23. The van der Waals surface area contributed by atoms with Gasteiger partial charge >= 0.3 is 0 Å². The number of rotatable bonds is 9. The SMILES string of the molecule is CCN(C(=O)C[C@@H](CN)CC(C)C)C(C)CN(C)C. The summed E-state index contributed by atoms with van der Waals surface area (Å²) in [5, 5.41) is 0. The van der Waals surface area contributed by atoms with Crippen LogP contribution in [-0.2, 0) is 4.79 Å². The average molecular weight is 271 g/mol. The van der Waals surface area contributed by atoms with Crippen molar-refractivity contribution in [3.8, 4) is 0 Å². The molecule has 0 aromatic heterocycles. The summed E-state index contributed by atoms with van der Waals surface area (Å²) in [7, 11) is 4.08. The molecule has 0 aliphatic rings. The molecule has 0 aromatic carbocycles. The van der Waals surface area contributed by atoms with E-state index in [0.29, 0.717) is 24.8 Å². The van der Waals surface area contributed by atoms with Gasteiger partial charge < -0.3 is 15.5 Å². The van der Waals surface area contributed by atoms with Gasteiger partial charge in [0.05, 0.1) is 0 Å². The number of nitrogens with two attached hydrogens (primary N) is 1. The summed E-state index contributed by atoms with van der Waals surface area (Å²) in [6, 6.07) is 0.255. The van der Waals surface area contributed by atoms with Crippen LogP contribution in [-0.4, -0.2) is 55.5 Å². The maximum Gasteiger partial charge on any atom is 0.223 e. The van der Waals surface area contributed by atoms with Crippen molar-refractivity contribution in [1.29, 1.82) is 0 Å². The minimum atomic E-state index is 0.243. The molecule has 0 aliphatic heterocycles. The molecule has 1 unspecified atom stereocenters. The molecule has 4 heteroatoms. The van der Waals surface area contributed by atoms with Gasteiger partial charge in [-0.05, 0) is 52.7 Å². The molecule has 0 radical (unpaired) electrons. The Morgan fingerprint density at radius 1 is 1.21 bits per heavy atom. The van der Waals surface area contributed by atoms with Crippen molar-refractivity contribution in [3.63, 3.8) is 0 Å². The van der Waals surface area contributed by atoms with Crippen LogP contribution in [0.25, 0.3) is 0 Å². The lowest BCUT2D eigenvalue weighted by atomic mass is 9.93. The zero-order chi connectivity index (χ0) is 15.0. The van der Waals surface area contributed by atoms with E-state index in [1.165, 1.54) is 0 Å². The molecular weight excluding hydrogens is 238 g/mol. The highest BCUT2D eigenvalue weighted by molar-refractivity contribution is 5.76. The molecule has 0 saturated carbocycles. The third-order valence-corrected chi connectivity index (χ3v) is 3.42. The fourth-order valence-corrected chi connectivity index (χ4v) is 2.65. The number of nitrogens with zero attached hydrogens (tertiary/aromatic N) is 2. The second kappa shape index (κ2) is 9.32. The van der Waals surface area contributed by atoms with Gasteiger partial charge in [-0.3, -0.25) is 4.79 Å². The van der Waals surface area contributed by atoms with Gasteiger partial charge in [-0.15, -0.1) is 0 Å². The molecule has 114 valence electrons. The van der Waals surface area contributed by atoms with Crippen molar-refractivity contribution in [1.82, 2.24) is 9.80 Å². The normalized spacial score (nSPS) is 14.8. The second-order valence-corrected chi connectivity index (χ2v) is 6.23. The summed E-state index contributed by atoms with van der Waals surface area (Å²) < 4.78 is 0. The Morgan fingerprint density at radius 3 is 2.16 bits per heavy atom. The smallest absolute Gasteiger partial charge is 0.223 e. The maximum atomic E-state index is 12.4. The number of hydrogen-bond donors (Lipinski definition) is 1. The number of amides is 1. The molecule has 0 heterocycles. The lowest BCUT2D eigenvalue weighted by Gasteiger charge is -2.31. The van der Waals surface area contributed by atoms with Crippen LogP contribution in [0.5, 0.6) is 0 Å². The van der Waals surface area contributed by atoms with Crippen molar-refractivity contribution in [2.75, 3.05) is 33.7 Å². The monoisotopic (exact) mass is 271 g/mol. The molecule has 0 saturated heterocycles. The highest BCUT2D eigenvalue weighted by Crippen LogP contribution is 2.16. The van der Waals surface area contributed by atoms with E-state index in [0.717, 1.165) is 19.5 Å². The van der Waals surface area contributed by atoms with Gasteiger partial charge in [0.2, 0.25) is 5.91 Å². The predicted molar refractivity (Wildman–Crippen MR) is 82.0 cm³/mol. The number of likely N-dealkylation sites (N-methyl/N-ethyl adjacent to an activating group) is 2. The lowest BCUT2D eigenvalue weighted by molar-refractivity contribution is -0.134. The van der Waals surface area contributed by atoms with E-state index >= 15 is 0 Å². The summed E-state index contributed by atoms with van der Waals surface area (Å²) >= 11 is 0. The Kier molecular flexibility index (Phi) is 9.02. The van der Waals surface area contributed by atoms with E-state index in [4.69, 9.17) is 5.73 Å². The van der Waals surface area contributed by atoms with Crippen LogP contribution in [0, 0.1) is 11.8 Å². The van der Waals surface area contributed by atoms with Gasteiger partial charge in [-0.1, -0.05) is 13.8 Å². The van der Waals surface area contributed by atoms with E-state index in [9.17, 15) is 4.79 Å². The van der Waals surface area contributed by atoms with Gasteiger partial charge in [-0.2, -0.15) is 0 Å². The predicted octanol–water partition coefficient (Wildman–Crippen LogP) is 1.80. The molecule has 0 aromatic rings. The Morgan fingerprint density at radius 2 is 1.79 bits per heavy atom. The lowest BCUT2D eigenvalue weighted by Crippen LogP contribution is -2.44. The molecule has 2 N–H and O–H groups in total. The molecule has 0 aliphatic carbocycles. The van der Waals surface area contributed by atoms with Crippen LogP contribution in [0.1, 0.15) is 40.5 Å². The van der Waals surface area contributed by atoms with Crippen molar-refractivity contribution in [2.24, 2.45) is 17.6 Å². The van der Waals surface area contributed by atoms with E-state index in [2.05, 4.69) is 25.7 Å². The Hall–Kier alpha value is -0.610. The van der Waals surface area contributed by atoms with Crippen molar-refractivity contribution >= 4 is 5.91 Å². The first kappa shape index (κ1) is 18.4. The molecule has 0 rings (SSSR count). The first-order chi connectivity index (χ1) is 8.81. The molecule has 0 spiro atoms. The third-order valence-electron chi connectivity index (χ3n) is 3.42. The van der Waals surface area contributed by atoms with Gasteiger partial charge in [0, 0.05) is 25.6 Å². The summed E-state index contributed by atoms with van der Waals surface area (Å²) in [5.41, 5.74) is 5.79. The summed E-state index contributed by atoms with van der Waals surface area (Å²) in [4.78, 5) is 16.5. The van der Waals surface area contributed by atoms with Gasteiger partial charge in [0.15, 0.2) is 0 Å². The van der Waals surface area contributed by atoms with Crippen LogP contribution in [0.2, 0.25) is 0 Å². The minimum absolute atomic E-state index is 0.243. The first-order valence-corrected chi connectivity index (χ1v) is 7.46. The van der Waals surface area contributed by atoms with Gasteiger partial charge in [-0.25, -0.2) is 0 Å². The molecule has 1 amide bonds. The van der Waals surface area contributed by atoms with E-state index < -0.39 is 0 Å². The Bertz CT molecular complexity index is 254. The summed E-state index contributed by atoms with van der Waals surface area (Å²) in [5.74, 6) is 1.15. The Balaban J connectivity index is 4.48. The minimum Gasteiger partial charge on any atom is -0.339 e. The maximum absolute atomic E-state index is 12.4. The standard InChI is InChI=1S/C15H33N3O/c1-7-18(13(4)11-17(5)6)15(19)9-14(10-16)8-12(2)3/h12-14H,7-11,16H2,1-6H3/t13?,14-/m0/s1. The molecule has 0 bridgehead atoms. The van der Waals surface area contributed by atoms with E-state index in [1.54, 1.807) is 0 Å². The summed E-state index contributed by atoms with van der Waals surface area (Å²) in [6.45, 7) is 10.8. The molecule has 2 atom stereocenters. The third kappa shape index (κ3) is 7.53. The summed E-state index contributed by atoms with van der Waals surface area (Å²) in [6.07, 6.45) is 1.61. The number of hydrogen-bond acceptors (Lipinski definition) is 3. The molecule has 19 heavy (non-hydrogen) atoms. The van der Waals surface area contributed by atoms with E-state index in [-0.39, 0.29) is 11.9 Å².